The summed E-state index contributed by atoms with van der Waals surface area (Å²) in [7, 11) is 0. The highest BCUT2D eigenvalue weighted by Gasteiger charge is 2.19. The van der Waals surface area contributed by atoms with Gasteiger partial charge in [0.2, 0.25) is 0 Å². The summed E-state index contributed by atoms with van der Waals surface area (Å²) in [5.41, 5.74) is 2.61. The van der Waals surface area contributed by atoms with E-state index in [-0.39, 0.29) is 11.8 Å². The van der Waals surface area contributed by atoms with Gasteiger partial charge in [0.1, 0.15) is 10.7 Å². The zero-order valence-electron chi connectivity index (χ0n) is 12.6. The van der Waals surface area contributed by atoms with Crippen molar-refractivity contribution in [3.05, 3.63) is 71.4 Å². The molecule has 4 heteroatoms. The van der Waals surface area contributed by atoms with Crippen LogP contribution in [0.1, 0.15) is 16.6 Å². The molecule has 116 valence electrons. The van der Waals surface area contributed by atoms with Crippen LogP contribution in [0.25, 0.3) is 21.6 Å². The van der Waals surface area contributed by atoms with Crippen LogP contribution >= 0.6 is 11.3 Å². The fraction of sp³-hybridized carbons (Fsp3) is 0.105. The Labute approximate surface area is 138 Å². The number of ether oxygens (including phenoxy) is 1. The summed E-state index contributed by atoms with van der Waals surface area (Å²) in [6.07, 6.45) is 0. The Morgan fingerprint density at radius 3 is 2.39 bits per heavy atom. The molecule has 0 N–H and O–H groups in total. The zero-order valence-corrected chi connectivity index (χ0v) is 13.4. The fourth-order valence-electron chi connectivity index (χ4n) is 2.33. The highest BCUT2D eigenvalue weighted by Crippen LogP contribution is 2.37. The van der Waals surface area contributed by atoms with Crippen LogP contribution in [0.2, 0.25) is 0 Å². The highest BCUT2D eigenvalue weighted by atomic mass is 32.1. The van der Waals surface area contributed by atoms with Crippen molar-refractivity contribution in [2.24, 2.45) is 0 Å². The van der Waals surface area contributed by atoms with Gasteiger partial charge in [-0.2, -0.15) is 0 Å². The van der Waals surface area contributed by atoms with E-state index >= 15 is 0 Å². The van der Waals surface area contributed by atoms with E-state index in [9.17, 15) is 9.18 Å². The van der Waals surface area contributed by atoms with Crippen molar-refractivity contribution in [2.45, 2.75) is 6.92 Å². The Morgan fingerprint density at radius 2 is 1.74 bits per heavy atom. The van der Waals surface area contributed by atoms with Gasteiger partial charge in [-0.25, -0.2) is 9.18 Å². The summed E-state index contributed by atoms with van der Waals surface area (Å²) in [6.45, 7) is 2.10. The van der Waals surface area contributed by atoms with E-state index in [0.717, 1.165) is 21.6 Å². The van der Waals surface area contributed by atoms with Crippen molar-refractivity contribution in [1.29, 1.82) is 0 Å². The first-order valence-corrected chi connectivity index (χ1v) is 8.13. The zero-order chi connectivity index (χ0) is 16.2. The van der Waals surface area contributed by atoms with Gasteiger partial charge in [0.25, 0.3) is 0 Å². The summed E-state index contributed by atoms with van der Waals surface area (Å²) in [5.74, 6) is -0.649. The molecule has 2 nitrogen and oxygen atoms in total. The Kier molecular flexibility index (Phi) is 4.53. The predicted octanol–water partition coefficient (Wildman–Crippen LogP) is 5.40. The lowest BCUT2D eigenvalue weighted by Crippen LogP contribution is -2.03. The quantitative estimate of drug-likeness (QED) is 0.600. The number of thiophene rings is 1. The standard InChI is InChI=1S/C19H15FO2S/c1-2-22-19(21)18-16(13-8-10-15(20)11-9-13)12-17(23-18)14-6-4-3-5-7-14/h3-12H,2H2,1H3. The molecule has 0 atom stereocenters. The molecular formula is C19H15FO2S. The molecule has 23 heavy (non-hydrogen) atoms. The van der Waals surface area contributed by atoms with Gasteiger partial charge in [0.15, 0.2) is 0 Å². The number of hydrogen-bond acceptors (Lipinski definition) is 3. The van der Waals surface area contributed by atoms with Crippen LogP contribution in [0, 0.1) is 5.82 Å². The van der Waals surface area contributed by atoms with Gasteiger partial charge in [-0.1, -0.05) is 42.5 Å². The van der Waals surface area contributed by atoms with E-state index in [1.165, 1.54) is 23.5 Å². The van der Waals surface area contributed by atoms with Gasteiger partial charge in [0, 0.05) is 10.4 Å². The summed E-state index contributed by atoms with van der Waals surface area (Å²) >= 11 is 1.39. The van der Waals surface area contributed by atoms with Crippen molar-refractivity contribution in [3.8, 4) is 21.6 Å². The fourth-order valence-corrected chi connectivity index (χ4v) is 3.41. The van der Waals surface area contributed by atoms with Gasteiger partial charge in [-0.3, -0.25) is 0 Å². The molecule has 0 unspecified atom stereocenters. The van der Waals surface area contributed by atoms with E-state index in [2.05, 4.69) is 0 Å². The van der Waals surface area contributed by atoms with Crippen LogP contribution in [-0.2, 0) is 4.74 Å². The average Bonchev–Trinajstić information content (AvgIpc) is 3.02. The first kappa shape index (κ1) is 15.4. The second-order valence-electron chi connectivity index (χ2n) is 4.95. The van der Waals surface area contributed by atoms with Crippen molar-refractivity contribution >= 4 is 17.3 Å². The number of esters is 1. The predicted molar refractivity (Wildman–Crippen MR) is 91.1 cm³/mol. The first-order valence-electron chi connectivity index (χ1n) is 7.31. The van der Waals surface area contributed by atoms with Crippen molar-refractivity contribution in [2.75, 3.05) is 6.61 Å². The van der Waals surface area contributed by atoms with E-state index < -0.39 is 0 Å². The number of hydrogen-bond donors (Lipinski definition) is 0. The molecule has 0 amide bonds. The maximum Gasteiger partial charge on any atom is 0.348 e. The number of rotatable bonds is 4. The minimum atomic E-state index is -0.348. The Bertz CT molecular complexity index is 807. The number of carbonyl (C=O) groups is 1. The maximum absolute atomic E-state index is 13.2. The maximum atomic E-state index is 13.2. The van der Waals surface area contributed by atoms with Crippen LogP contribution < -0.4 is 0 Å². The molecule has 0 aliphatic heterocycles. The van der Waals surface area contributed by atoms with Crippen LogP contribution in [0.4, 0.5) is 4.39 Å². The van der Waals surface area contributed by atoms with Gasteiger partial charge >= 0.3 is 5.97 Å². The van der Waals surface area contributed by atoms with Crippen molar-refractivity contribution < 1.29 is 13.9 Å². The molecular weight excluding hydrogens is 311 g/mol. The first-order chi connectivity index (χ1) is 11.2. The van der Waals surface area contributed by atoms with Gasteiger partial charge in [0.05, 0.1) is 6.61 Å². The number of halogens is 1. The molecule has 0 saturated carbocycles. The SMILES string of the molecule is CCOC(=O)c1sc(-c2ccccc2)cc1-c1ccc(F)cc1. The van der Waals surface area contributed by atoms with Crippen LogP contribution in [0.3, 0.4) is 0 Å². The van der Waals surface area contributed by atoms with Crippen molar-refractivity contribution in [3.63, 3.8) is 0 Å². The minimum Gasteiger partial charge on any atom is -0.462 e. The van der Waals surface area contributed by atoms with E-state index in [4.69, 9.17) is 4.74 Å². The van der Waals surface area contributed by atoms with Gasteiger partial charge in [-0.15, -0.1) is 11.3 Å². The van der Waals surface area contributed by atoms with E-state index in [1.54, 1.807) is 19.1 Å². The molecule has 1 heterocycles. The monoisotopic (exact) mass is 326 g/mol. The normalized spacial score (nSPS) is 10.5. The topological polar surface area (TPSA) is 26.3 Å². The molecule has 0 aliphatic rings. The molecule has 2 aromatic carbocycles. The lowest BCUT2D eigenvalue weighted by atomic mass is 10.0. The minimum absolute atomic E-state index is 0.301. The summed E-state index contributed by atoms with van der Waals surface area (Å²) in [6, 6.07) is 17.9. The van der Waals surface area contributed by atoms with Crippen LogP contribution in [0.5, 0.6) is 0 Å². The number of benzene rings is 2. The third-order valence-electron chi connectivity index (χ3n) is 3.41. The second kappa shape index (κ2) is 6.75. The van der Waals surface area contributed by atoms with Crippen molar-refractivity contribution in [1.82, 2.24) is 0 Å². The molecule has 0 aliphatic carbocycles. The summed E-state index contributed by atoms with van der Waals surface area (Å²) < 4.78 is 18.3. The molecule has 3 rings (SSSR count). The summed E-state index contributed by atoms with van der Waals surface area (Å²) in [4.78, 5) is 13.8. The molecule has 0 fully saturated rings. The Morgan fingerprint density at radius 1 is 1.04 bits per heavy atom. The van der Waals surface area contributed by atoms with Crippen LogP contribution in [-0.4, -0.2) is 12.6 Å². The molecule has 3 aromatic rings. The third kappa shape index (κ3) is 3.32. The smallest absolute Gasteiger partial charge is 0.348 e. The molecule has 0 bridgehead atoms. The third-order valence-corrected chi connectivity index (χ3v) is 4.57. The Hall–Kier alpha value is -2.46. The molecule has 1 aromatic heterocycles. The number of carbonyl (C=O) groups excluding carboxylic acids is 1. The van der Waals surface area contributed by atoms with Crippen LogP contribution in [0.15, 0.2) is 60.7 Å². The molecule has 0 saturated heterocycles. The van der Waals surface area contributed by atoms with Gasteiger partial charge < -0.3 is 4.74 Å². The average molecular weight is 326 g/mol. The molecule has 0 spiro atoms. The molecule has 0 radical (unpaired) electrons. The lowest BCUT2D eigenvalue weighted by Gasteiger charge is -2.03. The van der Waals surface area contributed by atoms with E-state index in [0.29, 0.717) is 11.5 Å². The van der Waals surface area contributed by atoms with E-state index in [1.807, 2.05) is 36.4 Å². The highest BCUT2D eigenvalue weighted by molar-refractivity contribution is 7.17. The van der Waals surface area contributed by atoms with Gasteiger partial charge in [-0.05, 0) is 36.2 Å². The largest absolute Gasteiger partial charge is 0.462 e. The Balaban J connectivity index is 2.10. The summed E-state index contributed by atoms with van der Waals surface area (Å²) in [5, 5.41) is 0. The lowest BCUT2D eigenvalue weighted by molar-refractivity contribution is 0.0533. The second-order valence-corrected chi connectivity index (χ2v) is 6.00.